The summed E-state index contributed by atoms with van der Waals surface area (Å²) in [7, 11) is 2.18. The second-order valence-corrected chi connectivity index (χ2v) is 6.10. The molecule has 0 radical (unpaired) electrons. The lowest BCUT2D eigenvalue weighted by Crippen LogP contribution is -2.30. The first-order valence-corrected chi connectivity index (χ1v) is 8.12. The summed E-state index contributed by atoms with van der Waals surface area (Å²) >= 11 is 0. The van der Waals surface area contributed by atoms with Gasteiger partial charge in [0.2, 0.25) is 0 Å². The van der Waals surface area contributed by atoms with Crippen LogP contribution in [-0.2, 0) is 12.8 Å². The van der Waals surface area contributed by atoms with Crippen LogP contribution in [-0.4, -0.2) is 36.1 Å². The van der Waals surface area contributed by atoms with Crippen molar-refractivity contribution in [1.82, 2.24) is 9.88 Å². The van der Waals surface area contributed by atoms with Crippen LogP contribution >= 0.6 is 24.8 Å². The highest BCUT2D eigenvalue weighted by Gasteiger charge is 2.21. The Labute approximate surface area is 157 Å². The molecular weight excluding hydrogens is 343 g/mol. The van der Waals surface area contributed by atoms with E-state index >= 15 is 0 Å². The van der Waals surface area contributed by atoms with Crippen LogP contribution in [0, 0.1) is 0 Å². The third-order valence-electron chi connectivity index (χ3n) is 4.43. The van der Waals surface area contributed by atoms with Gasteiger partial charge in [0.15, 0.2) is 0 Å². The van der Waals surface area contributed by atoms with Gasteiger partial charge in [-0.1, -0.05) is 30.3 Å². The summed E-state index contributed by atoms with van der Waals surface area (Å²) in [6, 6.07) is 13.3. The maximum atomic E-state index is 5.95. The lowest BCUT2D eigenvalue weighted by molar-refractivity contribution is 0.197. The first-order chi connectivity index (χ1) is 10.8. The number of nitrogens with zero attached hydrogens (tertiary/aromatic N) is 2. The fraction of sp³-hybridized carbons (Fsp3) is 0.421. The predicted molar refractivity (Wildman–Crippen MR) is 104 cm³/mol. The standard InChI is InChI=1S/C19H24N2O.2ClH/c1-21-11-5-8-18(21)15-22-19-12-17(13-20-14-19)10-9-16-6-3-2-4-7-16;;/h2-4,6-7,12-14,18H,5,8-11,15H2,1H3;2*1H/t18-;;/m0../s1. The Bertz CT molecular complexity index is 595. The maximum absolute atomic E-state index is 5.95. The number of hydrogen-bond acceptors (Lipinski definition) is 3. The molecule has 1 aromatic carbocycles. The van der Waals surface area contributed by atoms with Gasteiger partial charge in [0, 0.05) is 12.2 Å². The highest BCUT2D eigenvalue weighted by molar-refractivity contribution is 5.85. The highest BCUT2D eigenvalue weighted by Crippen LogP contribution is 2.18. The number of likely N-dealkylation sites (N-methyl/N-ethyl adjacent to an activating group) is 1. The molecule has 0 aliphatic carbocycles. The van der Waals surface area contributed by atoms with E-state index in [2.05, 4.69) is 53.3 Å². The van der Waals surface area contributed by atoms with Crippen LogP contribution < -0.4 is 4.74 Å². The van der Waals surface area contributed by atoms with Crippen molar-refractivity contribution in [2.45, 2.75) is 31.7 Å². The third-order valence-corrected chi connectivity index (χ3v) is 4.43. The van der Waals surface area contributed by atoms with Crippen molar-refractivity contribution in [3.05, 3.63) is 59.9 Å². The number of pyridine rings is 1. The molecule has 2 aromatic rings. The molecule has 5 heteroatoms. The molecule has 1 aromatic heterocycles. The minimum Gasteiger partial charge on any atom is -0.490 e. The van der Waals surface area contributed by atoms with Gasteiger partial charge in [-0.3, -0.25) is 4.98 Å². The number of halogens is 2. The summed E-state index contributed by atoms with van der Waals surface area (Å²) in [6.07, 6.45) is 8.31. The Kier molecular flexibility index (Phi) is 9.12. The van der Waals surface area contributed by atoms with Gasteiger partial charge in [-0.25, -0.2) is 0 Å². The zero-order valence-corrected chi connectivity index (χ0v) is 15.7. The average molecular weight is 369 g/mol. The van der Waals surface area contributed by atoms with Crippen LogP contribution in [0.2, 0.25) is 0 Å². The van der Waals surface area contributed by atoms with Crippen molar-refractivity contribution < 1.29 is 4.74 Å². The van der Waals surface area contributed by atoms with Gasteiger partial charge < -0.3 is 9.64 Å². The van der Waals surface area contributed by atoms with E-state index in [4.69, 9.17) is 4.74 Å². The number of aryl methyl sites for hydroxylation is 2. The second kappa shape index (κ2) is 10.5. The van der Waals surface area contributed by atoms with Crippen molar-refractivity contribution in [2.75, 3.05) is 20.2 Å². The molecule has 1 fully saturated rings. The number of ether oxygens (including phenoxy) is 1. The molecule has 1 aliphatic heterocycles. The van der Waals surface area contributed by atoms with Gasteiger partial charge in [0.25, 0.3) is 0 Å². The molecular formula is C19H26Cl2N2O. The number of hydrogen-bond donors (Lipinski definition) is 0. The zero-order valence-electron chi connectivity index (χ0n) is 14.1. The molecule has 0 bridgehead atoms. The zero-order chi connectivity index (χ0) is 15.2. The molecule has 0 amide bonds. The predicted octanol–water partition coefficient (Wildman–Crippen LogP) is 4.18. The van der Waals surface area contributed by atoms with E-state index in [1.54, 1.807) is 0 Å². The van der Waals surface area contributed by atoms with Gasteiger partial charge in [0.1, 0.15) is 12.4 Å². The molecule has 1 aliphatic rings. The van der Waals surface area contributed by atoms with E-state index in [9.17, 15) is 0 Å². The minimum atomic E-state index is 0. The Morgan fingerprint density at radius 2 is 1.83 bits per heavy atom. The second-order valence-electron chi connectivity index (χ2n) is 6.10. The highest BCUT2D eigenvalue weighted by atomic mass is 35.5. The number of rotatable bonds is 6. The van der Waals surface area contributed by atoms with Crippen molar-refractivity contribution >= 4 is 24.8 Å². The monoisotopic (exact) mass is 368 g/mol. The summed E-state index contributed by atoms with van der Waals surface area (Å²) in [6.45, 7) is 1.95. The van der Waals surface area contributed by atoms with E-state index < -0.39 is 0 Å². The summed E-state index contributed by atoms with van der Waals surface area (Å²) < 4.78 is 5.95. The van der Waals surface area contributed by atoms with Crippen LogP contribution in [0.25, 0.3) is 0 Å². The van der Waals surface area contributed by atoms with Crippen molar-refractivity contribution in [3.63, 3.8) is 0 Å². The number of aromatic nitrogens is 1. The van der Waals surface area contributed by atoms with E-state index in [1.807, 2.05) is 12.4 Å². The van der Waals surface area contributed by atoms with Crippen LogP contribution in [0.4, 0.5) is 0 Å². The quantitative estimate of drug-likeness (QED) is 0.764. The van der Waals surface area contributed by atoms with Gasteiger partial charge in [-0.05, 0) is 56.5 Å². The molecule has 0 saturated carbocycles. The molecule has 2 heterocycles. The summed E-state index contributed by atoms with van der Waals surface area (Å²) in [5.41, 5.74) is 2.60. The fourth-order valence-corrected chi connectivity index (χ4v) is 2.99. The molecule has 1 saturated heterocycles. The van der Waals surface area contributed by atoms with E-state index in [1.165, 1.54) is 30.5 Å². The molecule has 0 N–H and O–H groups in total. The van der Waals surface area contributed by atoms with Crippen molar-refractivity contribution in [2.24, 2.45) is 0 Å². The molecule has 24 heavy (non-hydrogen) atoms. The Balaban J connectivity index is 0.00000144. The Hall–Kier alpha value is -1.29. The first-order valence-electron chi connectivity index (χ1n) is 8.12. The van der Waals surface area contributed by atoms with Crippen molar-refractivity contribution in [3.8, 4) is 5.75 Å². The lowest BCUT2D eigenvalue weighted by atomic mass is 10.1. The molecule has 1 atom stereocenters. The Morgan fingerprint density at radius 1 is 1.08 bits per heavy atom. The summed E-state index contributed by atoms with van der Waals surface area (Å²) in [5.74, 6) is 0.894. The maximum Gasteiger partial charge on any atom is 0.137 e. The van der Waals surface area contributed by atoms with E-state index in [-0.39, 0.29) is 24.8 Å². The van der Waals surface area contributed by atoms with Crippen molar-refractivity contribution in [1.29, 1.82) is 0 Å². The van der Waals surface area contributed by atoms with E-state index in [0.29, 0.717) is 6.04 Å². The smallest absolute Gasteiger partial charge is 0.137 e. The Morgan fingerprint density at radius 3 is 2.54 bits per heavy atom. The van der Waals surface area contributed by atoms with Crippen LogP contribution in [0.5, 0.6) is 5.75 Å². The largest absolute Gasteiger partial charge is 0.490 e. The summed E-state index contributed by atoms with van der Waals surface area (Å²) in [4.78, 5) is 6.70. The topological polar surface area (TPSA) is 25.4 Å². The van der Waals surface area contributed by atoms with Crippen LogP contribution in [0.1, 0.15) is 24.0 Å². The first kappa shape index (κ1) is 20.8. The summed E-state index contributed by atoms with van der Waals surface area (Å²) in [5, 5.41) is 0. The molecule has 132 valence electrons. The van der Waals surface area contributed by atoms with Gasteiger partial charge >= 0.3 is 0 Å². The molecule has 3 rings (SSSR count). The normalized spacial score (nSPS) is 17.0. The molecule has 0 spiro atoms. The van der Waals surface area contributed by atoms with Crippen LogP contribution in [0.3, 0.4) is 0 Å². The average Bonchev–Trinajstić information content (AvgIpc) is 2.98. The van der Waals surface area contributed by atoms with Gasteiger partial charge in [0.05, 0.1) is 6.20 Å². The fourth-order valence-electron chi connectivity index (χ4n) is 2.99. The SMILES string of the molecule is CN1CCC[C@H]1COc1cncc(CCc2ccccc2)c1.Cl.Cl. The lowest BCUT2D eigenvalue weighted by Gasteiger charge is -2.19. The molecule has 0 unspecified atom stereocenters. The minimum absolute atomic E-state index is 0. The third kappa shape index (κ3) is 5.97. The van der Waals surface area contributed by atoms with Crippen LogP contribution in [0.15, 0.2) is 48.8 Å². The molecule has 3 nitrogen and oxygen atoms in total. The van der Waals surface area contributed by atoms with E-state index in [0.717, 1.165) is 25.2 Å². The number of likely N-dealkylation sites (tertiary alicyclic amines) is 1. The number of benzene rings is 1. The van der Waals surface area contributed by atoms with Gasteiger partial charge in [-0.2, -0.15) is 0 Å². The van der Waals surface area contributed by atoms with Gasteiger partial charge in [-0.15, -0.1) is 24.8 Å².